The second-order valence-electron chi connectivity index (χ2n) is 5.63. The van der Waals surface area contributed by atoms with Crippen LogP contribution in [0.3, 0.4) is 0 Å². The minimum absolute atomic E-state index is 0.142. The summed E-state index contributed by atoms with van der Waals surface area (Å²) in [7, 11) is -2.26. The molecule has 0 bridgehead atoms. The maximum absolute atomic E-state index is 12.6. The standard InChI is InChI=1S/C16H17N3O3S2/c1-10-4-6-12(7-5-10)9-17-14(20)15-18-19(3)16-13(24(15,21)22)8-11(2)23-16/h4-8H,9H2,1-3H3,(H,17,20). The molecule has 2 heterocycles. The fraction of sp³-hybridized carbons (Fsp3) is 0.250. The third-order valence-electron chi connectivity index (χ3n) is 3.65. The van der Waals surface area contributed by atoms with Crippen LogP contribution in [-0.2, 0) is 21.2 Å². The summed E-state index contributed by atoms with van der Waals surface area (Å²) in [6.45, 7) is 4.04. The van der Waals surface area contributed by atoms with E-state index in [1.54, 1.807) is 13.1 Å². The summed E-state index contributed by atoms with van der Waals surface area (Å²) in [6, 6.07) is 9.22. The molecule has 6 nitrogen and oxygen atoms in total. The number of nitrogens with zero attached hydrogens (tertiary/aromatic N) is 2. The molecule has 126 valence electrons. The number of sulfone groups is 1. The van der Waals surface area contributed by atoms with Crippen LogP contribution in [0.5, 0.6) is 0 Å². The molecule has 1 aromatic carbocycles. The number of amides is 1. The number of fused-ring (bicyclic) bond motifs is 1. The first-order valence-corrected chi connectivity index (χ1v) is 9.60. The molecule has 0 atom stereocenters. The van der Waals surface area contributed by atoms with Gasteiger partial charge in [-0.2, -0.15) is 5.10 Å². The van der Waals surface area contributed by atoms with Crippen molar-refractivity contribution in [3.05, 3.63) is 46.3 Å². The van der Waals surface area contributed by atoms with Gasteiger partial charge in [0, 0.05) is 18.5 Å². The number of aryl methyl sites for hydroxylation is 2. The highest BCUT2D eigenvalue weighted by Gasteiger charge is 2.37. The van der Waals surface area contributed by atoms with Gasteiger partial charge in [0.2, 0.25) is 14.9 Å². The Morgan fingerprint density at radius 2 is 1.92 bits per heavy atom. The van der Waals surface area contributed by atoms with E-state index in [1.165, 1.54) is 16.3 Å². The molecule has 8 heteroatoms. The number of nitrogens with one attached hydrogen (secondary N) is 1. The van der Waals surface area contributed by atoms with Crippen molar-refractivity contribution in [3.8, 4) is 0 Å². The largest absolute Gasteiger partial charge is 0.346 e. The molecule has 1 amide bonds. The van der Waals surface area contributed by atoms with Gasteiger partial charge in [-0.1, -0.05) is 29.8 Å². The SMILES string of the molecule is Cc1ccc(CNC(=O)C2=NN(C)c3sc(C)cc3S2(=O)=O)cc1. The zero-order valence-electron chi connectivity index (χ0n) is 13.5. The van der Waals surface area contributed by atoms with E-state index >= 15 is 0 Å². The average Bonchev–Trinajstić information content (AvgIpc) is 2.94. The summed E-state index contributed by atoms with van der Waals surface area (Å²) < 4.78 is 25.3. The molecule has 1 aliphatic rings. The van der Waals surface area contributed by atoms with Crippen LogP contribution in [0, 0.1) is 13.8 Å². The van der Waals surface area contributed by atoms with Crippen molar-refractivity contribution in [2.75, 3.05) is 12.1 Å². The molecule has 0 radical (unpaired) electrons. The van der Waals surface area contributed by atoms with E-state index in [1.807, 2.05) is 38.1 Å². The lowest BCUT2D eigenvalue weighted by molar-refractivity contribution is -0.114. The van der Waals surface area contributed by atoms with E-state index in [0.29, 0.717) is 5.00 Å². The van der Waals surface area contributed by atoms with Crippen LogP contribution in [0.4, 0.5) is 5.00 Å². The van der Waals surface area contributed by atoms with E-state index in [2.05, 4.69) is 10.4 Å². The molecule has 1 N–H and O–H groups in total. The van der Waals surface area contributed by atoms with Gasteiger partial charge in [0.1, 0.15) is 9.90 Å². The lowest BCUT2D eigenvalue weighted by atomic mass is 10.1. The van der Waals surface area contributed by atoms with Crippen LogP contribution >= 0.6 is 11.3 Å². The maximum Gasteiger partial charge on any atom is 0.284 e. The third kappa shape index (κ3) is 2.94. The number of rotatable bonds is 3. The van der Waals surface area contributed by atoms with Gasteiger partial charge in [-0.3, -0.25) is 9.80 Å². The van der Waals surface area contributed by atoms with E-state index in [0.717, 1.165) is 16.0 Å². The zero-order chi connectivity index (χ0) is 17.5. The van der Waals surface area contributed by atoms with Gasteiger partial charge >= 0.3 is 0 Å². The van der Waals surface area contributed by atoms with Crippen LogP contribution < -0.4 is 10.3 Å². The summed E-state index contributed by atoms with van der Waals surface area (Å²) in [5, 5.41) is 8.11. The maximum atomic E-state index is 12.6. The molecule has 0 aliphatic carbocycles. The van der Waals surface area contributed by atoms with E-state index in [4.69, 9.17) is 0 Å². The van der Waals surface area contributed by atoms with Crippen molar-refractivity contribution >= 4 is 37.1 Å². The molecule has 0 saturated carbocycles. The molecule has 1 aromatic heterocycles. The molecule has 0 fully saturated rings. The van der Waals surface area contributed by atoms with Crippen molar-refractivity contribution in [2.24, 2.45) is 5.10 Å². The Kier molecular flexibility index (Phi) is 4.18. The van der Waals surface area contributed by atoms with Crippen LogP contribution in [0.15, 0.2) is 40.3 Å². The molecular weight excluding hydrogens is 346 g/mol. The minimum atomic E-state index is -3.90. The topological polar surface area (TPSA) is 78.8 Å². The highest BCUT2D eigenvalue weighted by atomic mass is 32.2. The Bertz CT molecular complexity index is 928. The average molecular weight is 363 g/mol. The molecule has 0 saturated heterocycles. The third-order valence-corrected chi connectivity index (χ3v) is 6.56. The van der Waals surface area contributed by atoms with Crippen molar-refractivity contribution in [1.29, 1.82) is 0 Å². The molecular formula is C16H17N3O3S2. The van der Waals surface area contributed by atoms with Gasteiger partial charge in [0.25, 0.3) is 5.91 Å². The van der Waals surface area contributed by atoms with E-state index in [-0.39, 0.29) is 11.4 Å². The van der Waals surface area contributed by atoms with Crippen molar-refractivity contribution < 1.29 is 13.2 Å². The van der Waals surface area contributed by atoms with E-state index < -0.39 is 20.8 Å². The summed E-state index contributed by atoms with van der Waals surface area (Å²) in [5.74, 6) is -0.697. The van der Waals surface area contributed by atoms with Gasteiger partial charge in [0.15, 0.2) is 0 Å². The number of anilines is 1. The highest BCUT2D eigenvalue weighted by Crippen LogP contribution is 2.38. The van der Waals surface area contributed by atoms with Crippen molar-refractivity contribution in [1.82, 2.24) is 5.32 Å². The minimum Gasteiger partial charge on any atom is -0.346 e. The number of hydrogen-bond donors (Lipinski definition) is 1. The number of benzene rings is 1. The Hall–Kier alpha value is -2.19. The van der Waals surface area contributed by atoms with Gasteiger partial charge in [-0.05, 0) is 25.5 Å². The molecule has 1 aliphatic heterocycles. The number of thiophene rings is 1. The molecule has 3 rings (SSSR count). The van der Waals surface area contributed by atoms with Gasteiger partial charge in [0.05, 0.1) is 0 Å². The first-order chi connectivity index (χ1) is 11.3. The zero-order valence-corrected chi connectivity index (χ0v) is 15.2. The monoisotopic (exact) mass is 363 g/mol. The smallest absolute Gasteiger partial charge is 0.284 e. The lowest BCUT2D eigenvalue weighted by Crippen LogP contribution is -2.39. The van der Waals surface area contributed by atoms with Crippen LogP contribution in [0.2, 0.25) is 0 Å². The Morgan fingerprint density at radius 3 is 2.58 bits per heavy atom. The second kappa shape index (κ2) is 6.03. The normalized spacial score (nSPS) is 15.6. The van der Waals surface area contributed by atoms with Crippen molar-refractivity contribution in [3.63, 3.8) is 0 Å². The Balaban J connectivity index is 1.83. The number of hydrazone groups is 1. The molecule has 2 aromatic rings. The summed E-state index contributed by atoms with van der Waals surface area (Å²) >= 11 is 1.33. The number of carbonyl (C=O) groups excluding carboxylic acids is 1. The quantitative estimate of drug-likeness (QED) is 0.907. The predicted octanol–water partition coefficient (Wildman–Crippen LogP) is 2.22. The van der Waals surface area contributed by atoms with Crippen LogP contribution in [-0.4, -0.2) is 26.4 Å². The first-order valence-electron chi connectivity index (χ1n) is 7.30. The molecule has 0 spiro atoms. The van der Waals surface area contributed by atoms with Gasteiger partial charge in [-0.15, -0.1) is 11.3 Å². The fourth-order valence-corrected chi connectivity index (χ4v) is 5.16. The van der Waals surface area contributed by atoms with Crippen molar-refractivity contribution in [2.45, 2.75) is 25.3 Å². The molecule has 0 unspecified atom stereocenters. The second-order valence-corrected chi connectivity index (χ2v) is 8.70. The fourth-order valence-electron chi connectivity index (χ4n) is 2.37. The van der Waals surface area contributed by atoms with Crippen LogP contribution in [0.1, 0.15) is 16.0 Å². The van der Waals surface area contributed by atoms with Crippen LogP contribution in [0.25, 0.3) is 0 Å². The Morgan fingerprint density at radius 1 is 1.25 bits per heavy atom. The lowest BCUT2D eigenvalue weighted by Gasteiger charge is -2.20. The summed E-state index contributed by atoms with van der Waals surface area (Å²) in [4.78, 5) is 13.4. The summed E-state index contributed by atoms with van der Waals surface area (Å²) in [5.41, 5.74) is 2.01. The predicted molar refractivity (Wildman–Crippen MR) is 95.1 cm³/mol. The van der Waals surface area contributed by atoms with E-state index in [9.17, 15) is 13.2 Å². The van der Waals surface area contributed by atoms with Gasteiger partial charge < -0.3 is 5.32 Å². The molecule has 24 heavy (non-hydrogen) atoms. The Labute approximate surface area is 144 Å². The number of hydrogen-bond acceptors (Lipinski definition) is 6. The number of carbonyl (C=O) groups is 1. The summed E-state index contributed by atoms with van der Waals surface area (Å²) in [6.07, 6.45) is 0. The van der Waals surface area contributed by atoms with Gasteiger partial charge in [-0.25, -0.2) is 8.42 Å². The first kappa shape index (κ1) is 16.7. The highest BCUT2D eigenvalue weighted by molar-refractivity contribution is 8.08.